The highest BCUT2D eigenvalue weighted by molar-refractivity contribution is 5.89. The zero-order valence-electron chi connectivity index (χ0n) is 7.02. The second-order valence-corrected chi connectivity index (χ2v) is 2.41. The fourth-order valence-electron chi connectivity index (χ4n) is 0.986. The average Bonchev–Trinajstić information content (AvgIpc) is 2.05. The normalized spacial score (nSPS) is 17.1. The second-order valence-electron chi connectivity index (χ2n) is 2.41. The molecule has 1 heterocycles. The molecular formula is C7H13N3O2. The van der Waals surface area contributed by atoms with E-state index in [-0.39, 0.29) is 5.97 Å². The molecule has 1 rings (SSSR count). The first kappa shape index (κ1) is 8.86. The third-order valence-electron chi connectivity index (χ3n) is 1.57. The predicted molar refractivity (Wildman–Crippen MR) is 43.6 cm³/mol. The fraction of sp³-hybridized carbons (Fsp3) is 0.571. The van der Waals surface area contributed by atoms with E-state index in [1.165, 1.54) is 0 Å². The first-order chi connectivity index (χ1) is 5.75. The molecule has 1 aliphatic heterocycles. The minimum absolute atomic E-state index is 0.330. The molecule has 0 radical (unpaired) electrons. The largest absolute Gasteiger partial charge is 0.463 e. The van der Waals surface area contributed by atoms with Gasteiger partial charge in [-0.2, -0.15) is 0 Å². The summed E-state index contributed by atoms with van der Waals surface area (Å²) in [5.41, 5.74) is 11.5. The maximum atomic E-state index is 11.2. The molecule has 0 unspecified atom stereocenters. The van der Waals surface area contributed by atoms with Crippen LogP contribution >= 0.6 is 0 Å². The first-order valence-corrected chi connectivity index (χ1v) is 3.90. The zero-order chi connectivity index (χ0) is 8.97. The van der Waals surface area contributed by atoms with Crippen LogP contribution in [-0.2, 0) is 9.53 Å². The number of hydrazine groups is 1. The summed E-state index contributed by atoms with van der Waals surface area (Å²) in [6.07, 6.45) is 0.609. The summed E-state index contributed by atoms with van der Waals surface area (Å²) < 4.78 is 4.81. The highest BCUT2D eigenvalue weighted by Gasteiger charge is 2.17. The van der Waals surface area contributed by atoms with Crippen LogP contribution in [0.1, 0.15) is 13.3 Å². The Morgan fingerprint density at radius 2 is 2.50 bits per heavy atom. The van der Waals surface area contributed by atoms with Crippen LogP contribution in [0.5, 0.6) is 0 Å². The summed E-state index contributed by atoms with van der Waals surface area (Å²) in [6, 6.07) is 0. The molecular weight excluding hydrogens is 158 g/mol. The number of ether oxygens (including phenoxy) is 1. The minimum atomic E-state index is -0.330. The van der Waals surface area contributed by atoms with Gasteiger partial charge in [0.1, 0.15) is 5.82 Å². The van der Waals surface area contributed by atoms with Crippen molar-refractivity contribution in [3.8, 4) is 0 Å². The third kappa shape index (κ3) is 1.88. The lowest BCUT2D eigenvalue weighted by Gasteiger charge is -2.18. The van der Waals surface area contributed by atoms with Crippen LogP contribution in [0.4, 0.5) is 0 Å². The summed E-state index contributed by atoms with van der Waals surface area (Å²) >= 11 is 0. The Labute approximate surface area is 70.9 Å². The van der Waals surface area contributed by atoms with Gasteiger partial charge in [0.25, 0.3) is 0 Å². The van der Waals surface area contributed by atoms with Crippen LogP contribution in [0.25, 0.3) is 0 Å². The second kappa shape index (κ2) is 3.96. The summed E-state index contributed by atoms with van der Waals surface area (Å²) in [4.78, 5) is 11.2. The monoisotopic (exact) mass is 171 g/mol. The highest BCUT2D eigenvalue weighted by Crippen LogP contribution is 2.07. The smallest absolute Gasteiger partial charge is 0.337 e. The molecule has 0 aliphatic carbocycles. The number of nitrogens with two attached hydrogens (primary N) is 1. The van der Waals surface area contributed by atoms with Gasteiger partial charge in [-0.25, -0.2) is 10.2 Å². The number of esters is 1. The van der Waals surface area contributed by atoms with E-state index in [0.29, 0.717) is 31.0 Å². The lowest BCUT2D eigenvalue weighted by Crippen LogP contribution is -2.42. The molecule has 4 N–H and O–H groups in total. The molecule has 0 fully saturated rings. The van der Waals surface area contributed by atoms with E-state index >= 15 is 0 Å². The maximum Gasteiger partial charge on any atom is 0.337 e. The SMILES string of the molecule is CCOC(=O)C1=C(N)NNCC1. The summed E-state index contributed by atoms with van der Waals surface area (Å²) in [5, 5.41) is 0. The molecule has 0 bridgehead atoms. The molecule has 0 atom stereocenters. The van der Waals surface area contributed by atoms with Gasteiger partial charge in [0.15, 0.2) is 0 Å². The summed E-state index contributed by atoms with van der Waals surface area (Å²) in [5.74, 6) is 0.0312. The van der Waals surface area contributed by atoms with Crippen LogP contribution < -0.4 is 16.6 Å². The van der Waals surface area contributed by atoms with Crippen molar-refractivity contribution in [2.75, 3.05) is 13.2 Å². The van der Waals surface area contributed by atoms with Crippen LogP contribution in [0.3, 0.4) is 0 Å². The molecule has 0 saturated carbocycles. The van der Waals surface area contributed by atoms with Gasteiger partial charge in [0.2, 0.25) is 0 Å². The molecule has 5 heteroatoms. The van der Waals surface area contributed by atoms with E-state index in [1.807, 2.05) is 0 Å². The summed E-state index contributed by atoms with van der Waals surface area (Å²) in [6.45, 7) is 2.83. The number of carbonyl (C=O) groups excluding carboxylic acids is 1. The minimum Gasteiger partial charge on any atom is -0.463 e. The van der Waals surface area contributed by atoms with Gasteiger partial charge in [-0.15, -0.1) is 0 Å². The van der Waals surface area contributed by atoms with Gasteiger partial charge in [-0.1, -0.05) is 0 Å². The molecule has 0 aromatic carbocycles. The Kier molecular flexibility index (Phi) is 2.93. The zero-order valence-corrected chi connectivity index (χ0v) is 7.02. The molecule has 5 nitrogen and oxygen atoms in total. The van der Waals surface area contributed by atoms with Gasteiger partial charge >= 0.3 is 5.97 Å². The van der Waals surface area contributed by atoms with Crippen molar-refractivity contribution in [3.05, 3.63) is 11.4 Å². The van der Waals surface area contributed by atoms with E-state index in [2.05, 4.69) is 10.9 Å². The van der Waals surface area contributed by atoms with Crippen LogP contribution in [-0.4, -0.2) is 19.1 Å². The van der Waals surface area contributed by atoms with Gasteiger partial charge < -0.3 is 15.9 Å². The molecule has 0 aromatic rings. The van der Waals surface area contributed by atoms with Gasteiger partial charge in [0.05, 0.1) is 12.2 Å². The predicted octanol–water partition coefficient (Wildman–Crippen LogP) is -0.782. The summed E-state index contributed by atoms with van der Waals surface area (Å²) in [7, 11) is 0. The highest BCUT2D eigenvalue weighted by atomic mass is 16.5. The Hall–Kier alpha value is -1.23. The van der Waals surface area contributed by atoms with Crippen molar-refractivity contribution in [1.82, 2.24) is 10.9 Å². The lowest BCUT2D eigenvalue weighted by molar-refractivity contribution is -0.138. The molecule has 0 spiro atoms. The Morgan fingerprint density at radius 3 is 3.08 bits per heavy atom. The number of nitrogens with one attached hydrogen (secondary N) is 2. The van der Waals surface area contributed by atoms with Crippen molar-refractivity contribution in [2.45, 2.75) is 13.3 Å². The van der Waals surface area contributed by atoms with Crippen LogP contribution in [0.15, 0.2) is 11.4 Å². The number of carbonyl (C=O) groups is 1. The molecule has 68 valence electrons. The van der Waals surface area contributed by atoms with Crippen molar-refractivity contribution in [2.24, 2.45) is 5.73 Å². The van der Waals surface area contributed by atoms with Crippen LogP contribution in [0.2, 0.25) is 0 Å². The molecule has 0 saturated heterocycles. The van der Waals surface area contributed by atoms with Crippen molar-refractivity contribution in [3.63, 3.8) is 0 Å². The number of hydrogen-bond donors (Lipinski definition) is 3. The van der Waals surface area contributed by atoms with Gasteiger partial charge in [0, 0.05) is 6.54 Å². The third-order valence-corrected chi connectivity index (χ3v) is 1.57. The van der Waals surface area contributed by atoms with Crippen molar-refractivity contribution < 1.29 is 9.53 Å². The quantitative estimate of drug-likeness (QED) is 0.475. The van der Waals surface area contributed by atoms with E-state index in [9.17, 15) is 4.79 Å². The van der Waals surface area contributed by atoms with Crippen LogP contribution in [0, 0.1) is 0 Å². The van der Waals surface area contributed by atoms with E-state index in [0.717, 1.165) is 0 Å². The van der Waals surface area contributed by atoms with E-state index in [1.54, 1.807) is 6.92 Å². The lowest BCUT2D eigenvalue weighted by atomic mass is 10.1. The van der Waals surface area contributed by atoms with Crippen molar-refractivity contribution >= 4 is 5.97 Å². The van der Waals surface area contributed by atoms with E-state index < -0.39 is 0 Å². The topological polar surface area (TPSA) is 76.4 Å². The maximum absolute atomic E-state index is 11.2. The standard InChI is InChI=1S/C7H13N3O2/c1-2-12-7(11)5-3-4-9-10-6(5)8/h9-10H,2-4,8H2,1H3. The number of hydrogen-bond acceptors (Lipinski definition) is 5. The average molecular weight is 171 g/mol. The fourth-order valence-corrected chi connectivity index (χ4v) is 0.986. The Morgan fingerprint density at radius 1 is 1.75 bits per heavy atom. The molecule has 0 amide bonds. The molecule has 0 aromatic heterocycles. The first-order valence-electron chi connectivity index (χ1n) is 3.90. The Bertz CT molecular complexity index is 213. The Balaban J connectivity index is 2.64. The molecule has 12 heavy (non-hydrogen) atoms. The van der Waals surface area contributed by atoms with Gasteiger partial charge in [-0.05, 0) is 13.3 Å². The number of rotatable bonds is 2. The van der Waals surface area contributed by atoms with Crippen molar-refractivity contribution in [1.29, 1.82) is 0 Å². The van der Waals surface area contributed by atoms with Gasteiger partial charge in [-0.3, -0.25) is 0 Å². The van der Waals surface area contributed by atoms with E-state index in [4.69, 9.17) is 10.5 Å². The molecule has 1 aliphatic rings.